The van der Waals surface area contributed by atoms with Crippen LogP contribution in [0.25, 0.3) is 0 Å². The molecule has 4 heterocycles. The molecule has 1 N–H and O–H groups in total. The summed E-state index contributed by atoms with van der Waals surface area (Å²) in [4.78, 5) is 4.91. The molecule has 0 saturated carbocycles. The number of fused-ring (bicyclic) bond motifs is 3. The van der Waals surface area contributed by atoms with Crippen molar-refractivity contribution in [1.82, 2.24) is 19.6 Å². The first-order valence-electron chi connectivity index (χ1n) is 7.33. The van der Waals surface area contributed by atoms with E-state index in [4.69, 9.17) is 0 Å². The zero-order valence-electron chi connectivity index (χ0n) is 11.9. The van der Waals surface area contributed by atoms with Crippen LogP contribution < -0.4 is 0 Å². The van der Waals surface area contributed by atoms with E-state index < -0.39 is 0 Å². The molecular formula is C14H24N4O. The molecule has 0 aliphatic carbocycles. The minimum Gasteiger partial charge on any atom is -0.391 e. The molecule has 3 aliphatic heterocycles. The van der Waals surface area contributed by atoms with E-state index in [-0.39, 0.29) is 6.10 Å². The van der Waals surface area contributed by atoms with Crippen molar-refractivity contribution >= 4 is 0 Å². The number of aryl methyl sites for hydroxylation is 2. The van der Waals surface area contributed by atoms with Gasteiger partial charge in [0.15, 0.2) is 0 Å². The number of nitrogens with zero attached hydrogens (tertiary/aromatic N) is 4. The first-order chi connectivity index (χ1) is 9.17. The van der Waals surface area contributed by atoms with Gasteiger partial charge in [0.1, 0.15) is 0 Å². The van der Waals surface area contributed by atoms with Crippen molar-refractivity contribution in [3.05, 3.63) is 17.5 Å². The monoisotopic (exact) mass is 264 g/mol. The molecule has 19 heavy (non-hydrogen) atoms. The molecule has 3 aliphatic rings. The summed E-state index contributed by atoms with van der Waals surface area (Å²) in [6.45, 7) is 7.66. The molecule has 4 rings (SSSR count). The van der Waals surface area contributed by atoms with Gasteiger partial charge in [-0.15, -0.1) is 0 Å². The second-order valence-electron chi connectivity index (χ2n) is 5.78. The highest BCUT2D eigenvalue weighted by Gasteiger charge is 2.36. The van der Waals surface area contributed by atoms with Gasteiger partial charge in [-0.2, -0.15) is 5.10 Å². The standard InChI is InChI=1S/C14H24N4O/c1-3-11-8-12(16(2)15-11)9-14(19)13-10-17-4-6-18(13)7-5-17/h8,13-14,19H,3-7,9-10H2,1-2H3. The number of aliphatic hydroxyl groups excluding tert-OH is 1. The second kappa shape index (κ2) is 5.23. The van der Waals surface area contributed by atoms with Crippen molar-refractivity contribution in [2.75, 3.05) is 32.7 Å². The van der Waals surface area contributed by atoms with E-state index in [0.29, 0.717) is 12.5 Å². The van der Waals surface area contributed by atoms with E-state index in [2.05, 4.69) is 27.9 Å². The predicted molar refractivity (Wildman–Crippen MR) is 74.1 cm³/mol. The molecule has 1 aromatic rings. The largest absolute Gasteiger partial charge is 0.391 e. The highest BCUT2D eigenvalue weighted by atomic mass is 16.3. The fraction of sp³-hybridized carbons (Fsp3) is 0.786. The molecule has 5 nitrogen and oxygen atoms in total. The third kappa shape index (κ3) is 2.55. The molecule has 0 amide bonds. The van der Waals surface area contributed by atoms with Gasteiger partial charge in [0.25, 0.3) is 0 Å². The van der Waals surface area contributed by atoms with Crippen LogP contribution in [-0.4, -0.2) is 69.6 Å². The average molecular weight is 264 g/mol. The maximum absolute atomic E-state index is 10.5. The van der Waals surface area contributed by atoms with Crippen LogP contribution in [0.5, 0.6) is 0 Å². The van der Waals surface area contributed by atoms with Crippen molar-refractivity contribution in [3.63, 3.8) is 0 Å². The van der Waals surface area contributed by atoms with E-state index in [9.17, 15) is 5.11 Å². The summed E-state index contributed by atoms with van der Waals surface area (Å²) in [6, 6.07) is 2.42. The Morgan fingerprint density at radius 2 is 2.11 bits per heavy atom. The highest BCUT2D eigenvalue weighted by Crippen LogP contribution is 2.20. The van der Waals surface area contributed by atoms with Gasteiger partial charge in [-0.1, -0.05) is 6.92 Å². The first kappa shape index (κ1) is 13.1. The van der Waals surface area contributed by atoms with E-state index in [1.807, 2.05) is 11.7 Å². The topological polar surface area (TPSA) is 44.5 Å². The molecule has 106 valence electrons. The van der Waals surface area contributed by atoms with Gasteiger partial charge in [-0.3, -0.25) is 14.5 Å². The van der Waals surface area contributed by atoms with Gasteiger partial charge in [0, 0.05) is 57.9 Å². The van der Waals surface area contributed by atoms with Crippen LogP contribution in [0.15, 0.2) is 6.07 Å². The molecule has 0 spiro atoms. The maximum Gasteiger partial charge on any atom is 0.0763 e. The third-order valence-corrected chi connectivity index (χ3v) is 4.57. The summed E-state index contributed by atoms with van der Waals surface area (Å²) in [5, 5.41) is 15.0. The molecule has 3 saturated heterocycles. The summed E-state index contributed by atoms with van der Waals surface area (Å²) in [5.74, 6) is 0. The lowest BCUT2D eigenvalue weighted by Gasteiger charge is -2.49. The minimum absolute atomic E-state index is 0.289. The summed E-state index contributed by atoms with van der Waals surface area (Å²) in [6.07, 6.45) is 1.37. The van der Waals surface area contributed by atoms with Crippen molar-refractivity contribution in [1.29, 1.82) is 0 Å². The van der Waals surface area contributed by atoms with Gasteiger partial charge in [-0.05, 0) is 12.5 Å². The van der Waals surface area contributed by atoms with Gasteiger partial charge in [-0.25, -0.2) is 0 Å². The molecule has 2 unspecified atom stereocenters. The third-order valence-electron chi connectivity index (χ3n) is 4.57. The number of aromatic nitrogens is 2. The number of piperazine rings is 3. The fourth-order valence-corrected chi connectivity index (χ4v) is 3.31. The molecule has 0 aromatic carbocycles. The molecule has 2 bridgehead atoms. The highest BCUT2D eigenvalue weighted by molar-refractivity contribution is 5.12. The Morgan fingerprint density at radius 3 is 2.63 bits per heavy atom. The first-order valence-corrected chi connectivity index (χ1v) is 7.33. The van der Waals surface area contributed by atoms with Crippen LogP contribution in [0.4, 0.5) is 0 Å². The van der Waals surface area contributed by atoms with E-state index in [1.54, 1.807) is 0 Å². The quantitative estimate of drug-likeness (QED) is 0.824. The minimum atomic E-state index is -0.289. The second-order valence-corrected chi connectivity index (χ2v) is 5.78. The maximum atomic E-state index is 10.5. The van der Waals surface area contributed by atoms with Gasteiger partial charge in [0.05, 0.1) is 11.8 Å². The molecule has 5 heteroatoms. The van der Waals surface area contributed by atoms with Crippen molar-refractivity contribution < 1.29 is 5.11 Å². The van der Waals surface area contributed by atoms with Crippen LogP contribution in [0.1, 0.15) is 18.3 Å². The van der Waals surface area contributed by atoms with E-state index in [1.165, 1.54) is 0 Å². The number of aliphatic hydroxyl groups is 1. The Balaban J connectivity index is 1.67. The average Bonchev–Trinajstić information content (AvgIpc) is 2.80. The van der Waals surface area contributed by atoms with Crippen molar-refractivity contribution in [3.8, 4) is 0 Å². The Hall–Kier alpha value is -0.910. The Bertz CT molecular complexity index is 437. The van der Waals surface area contributed by atoms with Crippen molar-refractivity contribution in [2.24, 2.45) is 7.05 Å². The predicted octanol–water partition coefficient (Wildman–Crippen LogP) is -0.114. The zero-order valence-corrected chi connectivity index (χ0v) is 11.9. The van der Waals surface area contributed by atoms with E-state index >= 15 is 0 Å². The summed E-state index contributed by atoms with van der Waals surface area (Å²) >= 11 is 0. The zero-order chi connectivity index (χ0) is 13.4. The smallest absolute Gasteiger partial charge is 0.0763 e. The lowest BCUT2D eigenvalue weighted by molar-refractivity contribution is -0.0458. The van der Waals surface area contributed by atoms with Crippen LogP contribution in [0, 0.1) is 0 Å². The van der Waals surface area contributed by atoms with Crippen LogP contribution in [0.2, 0.25) is 0 Å². The number of rotatable bonds is 4. The van der Waals surface area contributed by atoms with Crippen molar-refractivity contribution in [2.45, 2.75) is 31.9 Å². The van der Waals surface area contributed by atoms with E-state index in [0.717, 1.165) is 50.5 Å². The lowest BCUT2D eigenvalue weighted by Crippen LogP contribution is -2.64. The van der Waals surface area contributed by atoms with Gasteiger partial charge in [0.2, 0.25) is 0 Å². The van der Waals surface area contributed by atoms with Crippen LogP contribution >= 0.6 is 0 Å². The SMILES string of the molecule is CCc1cc(CC(O)C2CN3CCN2CC3)n(C)n1. The molecular weight excluding hydrogens is 240 g/mol. The number of hydrogen-bond acceptors (Lipinski definition) is 4. The molecule has 2 atom stereocenters. The summed E-state index contributed by atoms with van der Waals surface area (Å²) in [5.41, 5.74) is 2.25. The summed E-state index contributed by atoms with van der Waals surface area (Å²) < 4.78 is 1.92. The van der Waals surface area contributed by atoms with Gasteiger partial charge >= 0.3 is 0 Å². The lowest BCUT2D eigenvalue weighted by atomic mass is 9.99. The summed E-state index contributed by atoms with van der Waals surface area (Å²) in [7, 11) is 1.97. The molecule has 0 radical (unpaired) electrons. The normalized spacial score (nSPS) is 31.6. The Morgan fingerprint density at radius 1 is 1.37 bits per heavy atom. The number of hydrogen-bond donors (Lipinski definition) is 1. The molecule has 3 fully saturated rings. The molecule has 1 aromatic heterocycles. The van der Waals surface area contributed by atoms with Crippen LogP contribution in [-0.2, 0) is 19.9 Å². The van der Waals surface area contributed by atoms with Crippen LogP contribution in [0.3, 0.4) is 0 Å². The Kier molecular flexibility index (Phi) is 3.60. The van der Waals surface area contributed by atoms with Gasteiger partial charge < -0.3 is 5.11 Å². The fourth-order valence-electron chi connectivity index (χ4n) is 3.31. The Labute approximate surface area is 114 Å².